The maximum absolute atomic E-state index is 12.6. The molecule has 0 spiro atoms. The molecular weight excluding hydrogens is 378 g/mol. The second-order valence-electron chi connectivity index (χ2n) is 7.79. The normalized spacial score (nSPS) is 11.2. The molecule has 0 aliphatic heterocycles. The summed E-state index contributed by atoms with van der Waals surface area (Å²) in [4.78, 5) is 27.7. The van der Waals surface area contributed by atoms with Crippen LogP contribution in [0, 0.1) is 0 Å². The number of halogens is 1. The Labute approximate surface area is 171 Å². The topological polar surface area (TPSA) is 70.5 Å². The van der Waals surface area contributed by atoms with Crippen LogP contribution in [-0.2, 0) is 10.2 Å². The number of carbonyl (C=O) groups excluding carboxylic acids is 2. The van der Waals surface area contributed by atoms with E-state index in [9.17, 15) is 9.59 Å². The van der Waals surface area contributed by atoms with E-state index in [1.807, 2.05) is 25.1 Å². The Balaban J connectivity index is 2.30. The van der Waals surface area contributed by atoms with Gasteiger partial charge in [0.05, 0.1) is 11.4 Å². The van der Waals surface area contributed by atoms with E-state index in [0.717, 1.165) is 11.4 Å². The number of nitrogens with one attached hydrogen (secondary N) is 1. The Hall–Kier alpha value is -2.54. The Morgan fingerprint density at radius 2 is 1.79 bits per heavy atom. The van der Waals surface area contributed by atoms with Gasteiger partial charge in [-0.2, -0.15) is 5.10 Å². The van der Waals surface area contributed by atoms with Gasteiger partial charge in [-0.3, -0.25) is 4.79 Å². The number of carbonyl (C=O) groups is 2. The van der Waals surface area contributed by atoms with Crippen LogP contribution in [0.2, 0.25) is 5.02 Å². The van der Waals surface area contributed by atoms with Crippen LogP contribution in [0.5, 0.6) is 0 Å². The first-order valence-corrected chi connectivity index (χ1v) is 9.53. The highest BCUT2D eigenvalue weighted by Crippen LogP contribution is 2.26. The molecular formula is C20H28ClN5O2. The van der Waals surface area contributed by atoms with Crippen LogP contribution < -0.4 is 5.32 Å². The van der Waals surface area contributed by atoms with Crippen molar-refractivity contribution in [2.24, 2.45) is 0 Å². The summed E-state index contributed by atoms with van der Waals surface area (Å²) in [6.07, 6.45) is 0. The SMILES string of the molecule is CCN(CC(=O)Nc1cc(C(C)(C)C)nn1-c1ccc(Cl)cc1)C(=O)N(C)C. The molecule has 3 amide bonds. The quantitative estimate of drug-likeness (QED) is 0.823. The number of urea groups is 1. The van der Waals surface area contributed by atoms with Crippen molar-refractivity contribution in [2.75, 3.05) is 32.5 Å². The molecule has 0 atom stereocenters. The molecule has 0 radical (unpaired) electrons. The van der Waals surface area contributed by atoms with Crippen LogP contribution in [0.4, 0.5) is 10.6 Å². The molecule has 2 rings (SSSR count). The Kier molecular flexibility index (Phi) is 6.72. The first-order chi connectivity index (χ1) is 13.0. The molecule has 0 bridgehead atoms. The van der Waals surface area contributed by atoms with Gasteiger partial charge in [0, 0.05) is 37.1 Å². The molecule has 28 heavy (non-hydrogen) atoms. The minimum absolute atomic E-state index is 0.0375. The van der Waals surface area contributed by atoms with Crippen molar-refractivity contribution in [3.05, 3.63) is 41.0 Å². The third kappa shape index (κ3) is 5.25. The van der Waals surface area contributed by atoms with E-state index in [-0.39, 0.29) is 23.9 Å². The molecule has 0 aliphatic carbocycles. The van der Waals surface area contributed by atoms with Gasteiger partial charge >= 0.3 is 6.03 Å². The van der Waals surface area contributed by atoms with Gasteiger partial charge in [0.2, 0.25) is 5.91 Å². The van der Waals surface area contributed by atoms with E-state index in [1.165, 1.54) is 9.80 Å². The van der Waals surface area contributed by atoms with Gasteiger partial charge in [0.25, 0.3) is 0 Å². The Bertz CT molecular complexity index is 837. The third-order valence-corrected chi connectivity index (χ3v) is 4.44. The summed E-state index contributed by atoms with van der Waals surface area (Å²) in [6, 6.07) is 8.87. The molecule has 152 valence electrons. The number of aromatic nitrogens is 2. The third-order valence-electron chi connectivity index (χ3n) is 4.19. The Morgan fingerprint density at radius 3 is 2.29 bits per heavy atom. The number of hydrogen-bond donors (Lipinski definition) is 1. The van der Waals surface area contributed by atoms with Gasteiger partial charge in [0.15, 0.2) is 0 Å². The van der Waals surface area contributed by atoms with E-state index >= 15 is 0 Å². The van der Waals surface area contributed by atoms with Crippen LogP contribution in [0.3, 0.4) is 0 Å². The van der Waals surface area contributed by atoms with Crippen molar-refractivity contribution in [1.29, 1.82) is 0 Å². The number of hydrogen-bond acceptors (Lipinski definition) is 3. The molecule has 8 heteroatoms. The summed E-state index contributed by atoms with van der Waals surface area (Å²) >= 11 is 5.99. The lowest BCUT2D eigenvalue weighted by Gasteiger charge is -2.24. The zero-order valence-electron chi connectivity index (χ0n) is 17.3. The smallest absolute Gasteiger partial charge is 0.319 e. The molecule has 0 aliphatic rings. The lowest BCUT2D eigenvalue weighted by Crippen LogP contribution is -2.43. The molecule has 1 aromatic carbocycles. The average molecular weight is 406 g/mol. The molecule has 1 aromatic heterocycles. The van der Waals surface area contributed by atoms with Crippen LogP contribution in [0.1, 0.15) is 33.4 Å². The number of anilines is 1. The summed E-state index contributed by atoms with van der Waals surface area (Å²) < 4.78 is 1.68. The lowest BCUT2D eigenvalue weighted by atomic mass is 9.92. The number of rotatable bonds is 5. The summed E-state index contributed by atoms with van der Waals surface area (Å²) in [6.45, 7) is 8.41. The molecule has 7 nitrogen and oxygen atoms in total. The Morgan fingerprint density at radius 1 is 1.18 bits per heavy atom. The second kappa shape index (κ2) is 8.65. The van der Waals surface area contributed by atoms with Gasteiger partial charge in [0.1, 0.15) is 12.4 Å². The number of amides is 3. The highest BCUT2D eigenvalue weighted by atomic mass is 35.5. The first-order valence-electron chi connectivity index (χ1n) is 9.15. The van der Waals surface area contributed by atoms with Crippen molar-refractivity contribution in [2.45, 2.75) is 33.1 Å². The molecule has 1 N–H and O–H groups in total. The van der Waals surface area contributed by atoms with Crippen molar-refractivity contribution >= 4 is 29.4 Å². The fourth-order valence-corrected chi connectivity index (χ4v) is 2.70. The van der Waals surface area contributed by atoms with Gasteiger partial charge in [-0.1, -0.05) is 32.4 Å². The minimum Gasteiger partial charge on any atom is -0.331 e. The zero-order chi connectivity index (χ0) is 21.1. The van der Waals surface area contributed by atoms with Crippen molar-refractivity contribution < 1.29 is 9.59 Å². The summed E-state index contributed by atoms with van der Waals surface area (Å²) in [7, 11) is 3.32. The van der Waals surface area contributed by atoms with Gasteiger partial charge < -0.3 is 15.1 Å². The van der Waals surface area contributed by atoms with E-state index in [1.54, 1.807) is 30.9 Å². The molecule has 0 saturated carbocycles. The molecule has 2 aromatic rings. The average Bonchev–Trinajstić information content (AvgIpc) is 3.03. The predicted octanol–water partition coefficient (Wildman–Crippen LogP) is 3.77. The van der Waals surface area contributed by atoms with Gasteiger partial charge in [-0.15, -0.1) is 0 Å². The standard InChI is InChI=1S/C20H28ClN5O2/c1-7-25(19(28)24(5)6)13-18(27)22-17-12-16(20(2,3)4)23-26(17)15-10-8-14(21)9-11-15/h8-12H,7,13H2,1-6H3,(H,22,27). The largest absolute Gasteiger partial charge is 0.331 e. The second-order valence-corrected chi connectivity index (χ2v) is 8.23. The predicted molar refractivity (Wildman–Crippen MR) is 112 cm³/mol. The van der Waals surface area contributed by atoms with Crippen LogP contribution in [0.25, 0.3) is 5.69 Å². The molecule has 0 fully saturated rings. The fourth-order valence-electron chi connectivity index (χ4n) is 2.57. The molecule has 0 unspecified atom stereocenters. The first kappa shape index (κ1) is 21.8. The minimum atomic E-state index is -0.285. The number of nitrogens with zero attached hydrogens (tertiary/aromatic N) is 4. The van der Waals surface area contributed by atoms with Gasteiger partial charge in [-0.25, -0.2) is 9.48 Å². The van der Waals surface area contributed by atoms with E-state index < -0.39 is 0 Å². The van der Waals surface area contributed by atoms with E-state index in [4.69, 9.17) is 11.6 Å². The fraction of sp³-hybridized carbons (Fsp3) is 0.450. The van der Waals surface area contributed by atoms with Crippen molar-refractivity contribution in [3.8, 4) is 5.69 Å². The monoisotopic (exact) mass is 405 g/mol. The lowest BCUT2D eigenvalue weighted by molar-refractivity contribution is -0.116. The molecule has 1 heterocycles. The van der Waals surface area contributed by atoms with Crippen molar-refractivity contribution in [3.63, 3.8) is 0 Å². The highest BCUT2D eigenvalue weighted by Gasteiger charge is 2.23. The summed E-state index contributed by atoms with van der Waals surface area (Å²) in [5, 5.41) is 8.18. The number of benzene rings is 1. The highest BCUT2D eigenvalue weighted by molar-refractivity contribution is 6.30. The van der Waals surface area contributed by atoms with E-state index in [0.29, 0.717) is 17.4 Å². The van der Waals surface area contributed by atoms with Crippen LogP contribution in [0.15, 0.2) is 30.3 Å². The van der Waals surface area contributed by atoms with Crippen molar-refractivity contribution in [1.82, 2.24) is 19.6 Å². The van der Waals surface area contributed by atoms with Crippen LogP contribution >= 0.6 is 11.6 Å². The summed E-state index contributed by atoms with van der Waals surface area (Å²) in [5.74, 6) is 0.262. The maximum Gasteiger partial charge on any atom is 0.319 e. The number of likely N-dealkylation sites (N-methyl/N-ethyl adjacent to an activating group) is 1. The van der Waals surface area contributed by atoms with E-state index in [2.05, 4.69) is 31.2 Å². The van der Waals surface area contributed by atoms with Crippen LogP contribution in [-0.4, -0.2) is 58.7 Å². The maximum atomic E-state index is 12.6. The zero-order valence-corrected chi connectivity index (χ0v) is 18.0. The summed E-state index contributed by atoms with van der Waals surface area (Å²) in [5.41, 5.74) is 1.44. The molecule has 0 saturated heterocycles. The van der Waals surface area contributed by atoms with Gasteiger partial charge in [-0.05, 0) is 31.2 Å².